The fourth-order valence-electron chi connectivity index (χ4n) is 2.14. The SMILES string of the molecule is CC(C)Cc1cc(Cl)ccc1CC1=NCCN1. The topological polar surface area (TPSA) is 24.4 Å². The van der Waals surface area contributed by atoms with Crippen molar-refractivity contribution < 1.29 is 0 Å². The molecular weight excluding hydrogens is 232 g/mol. The van der Waals surface area contributed by atoms with Crippen molar-refractivity contribution in [3.05, 3.63) is 34.3 Å². The van der Waals surface area contributed by atoms with Crippen LogP contribution in [-0.2, 0) is 12.8 Å². The summed E-state index contributed by atoms with van der Waals surface area (Å²) in [5.74, 6) is 1.75. The average molecular weight is 251 g/mol. The molecule has 2 nitrogen and oxygen atoms in total. The predicted molar refractivity (Wildman–Crippen MR) is 74.0 cm³/mol. The summed E-state index contributed by atoms with van der Waals surface area (Å²) in [6.07, 6.45) is 1.97. The van der Waals surface area contributed by atoms with Crippen LogP contribution >= 0.6 is 11.6 Å². The van der Waals surface area contributed by atoms with E-state index in [-0.39, 0.29) is 0 Å². The minimum Gasteiger partial charge on any atom is -0.372 e. The Morgan fingerprint density at radius 1 is 1.35 bits per heavy atom. The molecule has 1 heterocycles. The molecule has 0 aliphatic carbocycles. The number of aliphatic imine (C=N–C) groups is 1. The third kappa shape index (κ3) is 3.47. The van der Waals surface area contributed by atoms with Gasteiger partial charge in [-0.3, -0.25) is 4.99 Å². The van der Waals surface area contributed by atoms with E-state index >= 15 is 0 Å². The van der Waals surface area contributed by atoms with Crippen LogP contribution in [0.4, 0.5) is 0 Å². The van der Waals surface area contributed by atoms with Gasteiger partial charge in [-0.25, -0.2) is 0 Å². The number of hydrogen-bond donors (Lipinski definition) is 1. The van der Waals surface area contributed by atoms with Crippen LogP contribution in [0.1, 0.15) is 25.0 Å². The maximum atomic E-state index is 6.07. The number of amidine groups is 1. The Bertz CT molecular complexity index is 424. The van der Waals surface area contributed by atoms with Crippen molar-refractivity contribution >= 4 is 17.4 Å². The highest BCUT2D eigenvalue weighted by Gasteiger charge is 2.11. The zero-order valence-electron chi connectivity index (χ0n) is 10.5. The van der Waals surface area contributed by atoms with Crippen LogP contribution in [0.5, 0.6) is 0 Å². The summed E-state index contributed by atoms with van der Waals surface area (Å²) < 4.78 is 0. The van der Waals surface area contributed by atoms with Gasteiger partial charge in [-0.2, -0.15) is 0 Å². The third-order valence-electron chi connectivity index (χ3n) is 2.90. The molecule has 0 amide bonds. The first-order valence-corrected chi connectivity index (χ1v) is 6.57. The van der Waals surface area contributed by atoms with Gasteiger partial charge in [0.2, 0.25) is 0 Å². The van der Waals surface area contributed by atoms with Gasteiger partial charge in [0.25, 0.3) is 0 Å². The zero-order chi connectivity index (χ0) is 12.3. The summed E-state index contributed by atoms with van der Waals surface area (Å²) in [6.45, 7) is 6.34. The second-order valence-corrected chi connectivity index (χ2v) is 5.38. The lowest BCUT2D eigenvalue weighted by atomic mass is 9.96. The molecule has 1 aliphatic rings. The van der Waals surface area contributed by atoms with Crippen molar-refractivity contribution in [2.45, 2.75) is 26.7 Å². The second-order valence-electron chi connectivity index (χ2n) is 4.94. The number of hydrogen-bond acceptors (Lipinski definition) is 2. The highest BCUT2D eigenvalue weighted by Crippen LogP contribution is 2.20. The third-order valence-corrected chi connectivity index (χ3v) is 3.13. The lowest BCUT2D eigenvalue weighted by Crippen LogP contribution is -2.21. The Hall–Kier alpha value is -1.02. The Morgan fingerprint density at radius 2 is 2.18 bits per heavy atom. The van der Waals surface area contributed by atoms with E-state index in [2.05, 4.69) is 36.3 Å². The van der Waals surface area contributed by atoms with Gasteiger partial charge in [0.15, 0.2) is 0 Å². The molecule has 1 aromatic carbocycles. The van der Waals surface area contributed by atoms with E-state index in [1.54, 1.807) is 0 Å². The molecule has 0 bridgehead atoms. The second kappa shape index (κ2) is 5.54. The number of benzene rings is 1. The van der Waals surface area contributed by atoms with Crippen LogP contribution < -0.4 is 5.32 Å². The molecule has 17 heavy (non-hydrogen) atoms. The standard InChI is InChI=1S/C14H19ClN2/c1-10(2)7-12-8-13(15)4-3-11(12)9-14-16-5-6-17-14/h3-4,8,10H,5-7,9H2,1-2H3,(H,16,17). The van der Waals surface area contributed by atoms with Crippen molar-refractivity contribution in [3.8, 4) is 0 Å². The van der Waals surface area contributed by atoms with Gasteiger partial charge >= 0.3 is 0 Å². The van der Waals surface area contributed by atoms with Crippen LogP contribution in [0.15, 0.2) is 23.2 Å². The molecule has 1 aromatic rings. The molecule has 0 aromatic heterocycles. The van der Waals surface area contributed by atoms with E-state index in [1.165, 1.54) is 11.1 Å². The summed E-state index contributed by atoms with van der Waals surface area (Å²) in [4.78, 5) is 4.45. The summed E-state index contributed by atoms with van der Waals surface area (Å²) in [6, 6.07) is 6.19. The molecular formula is C14H19ClN2. The fraction of sp³-hybridized carbons (Fsp3) is 0.500. The normalized spacial score (nSPS) is 14.9. The lowest BCUT2D eigenvalue weighted by Gasteiger charge is -2.12. The first kappa shape index (κ1) is 12.4. The summed E-state index contributed by atoms with van der Waals surface area (Å²) in [5.41, 5.74) is 2.69. The molecule has 0 atom stereocenters. The highest BCUT2D eigenvalue weighted by molar-refractivity contribution is 6.30. The first-order valence-electron chi connectivity index (χ1n) is 6.19. The maximum absolute atomic E-state index is 6.07. The molecule has 0 saturated carbocycles. The van der Waals surface area contributed by atoms with Crippen molar-refractivity contribution in [2.75, 3.05) is 13.1 Å². The van der Waals surface area contributed by atoms with E-state index in [1.807, 2.05) is 6.07 Å². The van der Waals surface area contributed by atoms with Crippen molar-refractivity contribution in [2.24, 2.45) is 10.9 Å². The Morgan fingerprint density at radius 3 is 2.82 bits per heavy atom. The Kier molecular flexibility index (Phi) is 4.06. The largest absolute Gasteiger partial charge is 0.372 e. The number of nitrogens with zero attached hydrogens (tertiary/aromatic N) is 1. The van der Waals surface area contributed by atoms with Gasteiger partial charge < -0.3 is 5.32 Å². The van der Waals surface area contributed by atoms with E-state index in [9.17, 15) is 0 Å². The van der Waals surface area contributed by atoms with Gasteiger partial charge in [0.1, 0.15) is 5.84 Å². The Labute approximate surface area is 108 Å². The van der Waals surface area contributed by atoms with E-state index in [4.69, 9.17) is 11.6 Å². The van der Waals surface area contributed by atoms with Crippen molar-refractivity contribution in [1.82, 2.24) is 5.32 Å². The quantitative estimate of drug-likeness (QED) is 0.873. The monoisotopic (exact) mass is 250 g/mol. The average Bonchev–Trinajstić information content (AvgIpc) is 2.74. The fourth-order valence-corrected chi connectivity index (χ4v) is 2.34. The van der Waals surface area contributed by atoms with Crippen LogP contribution in [0.2, 0.25) is 5.02 Å². The minimum absolute atomic E-state index is 0.644. The molecule has 0 radical (unpaired) electrons. The van der Waals surface area contributed by atoms with E-state index < -0.39 is 0 Å². The van der Waals surface area contributed by atoms with E-state index in [0.717, 1.165) is 36.8 Å². The van der Waals surface area contributed by atoms with Gasteiger partial charge in [-0.1, -0.05) is 31.5 Å². The van der Waals surface area contributed by atoms with Gasteiger partial charge in [-0.05, 0) is 35.6 Å². The van der Waals surface area contributed by atoms with Gasteiger partial charge in [-0.15, -0.1) is 0 Å². The molecule has 1 aliphatic heterocycles. The van der Waals surface area contributed by atoms with Crippen LogP contribution in [0.3, 0.4) is 0 Å². The van der Waals surface area contributed by atoms with Crippen LogP contribution in [0, 0.1) is 5.92 Å². The molecule has 0 spiro atoms. The maximum Gasteiger partial charge on any atom is 0.101 e. The number of nitrogens with one attached hydrogen (secondary N) is 1. The van der Waals surface area contributed by atoms with Crippen molar-refractivity contribution in [1.29, 1.82) is 0 Å². The summed E-state index contributed by atoms with van der Waals surface area (Å²) in [7, 11) is 0. The van der Waals surface area contributed by atoms with Gasteiger partial charge in [0.05, 0.1) is 6.54 Å². The molecule has 92 valence electrons. The molecule has 1 N–H and O–H groups in total. The minimum atomic E-state index is 0.644. The molecule has 0 saturated heterocycles. The highest BCUT2D eigenvalue weighted by atomic mass is 35.5. The predicted octanol–water partition coefficient (Wildman–Crippen LogP) is 3.08. The zero-order valence-corrected chi connectivity index (χ0v) is 11.2. The number of rotatable bonds is 4. The lowest BCUT2D eigenvalue weighted by molar-refractivity contribution is 0.644. The Balaban J connectivity index is 2.19. The van der Waals surface area contributed by atoms with Crippen LogP contribution in [-0.4, -0.2) is 18.9 Å². The number of halogens is 1. The van der Waals surface area contributed by atoms with E-state index in [0.29, 0.717) is 5.92 Å². The smallest absolute Gasteiger partial charge is 0.101 e. The molecule has 2 rings (SSSR count). The van der Waals surface area contributed by atoms with Crippen LogP contribution in [0.25, 0.3) is 0 Å². The summed E-state index contributed by atoms with van der Waals surface area (Å²) >= 11 is 6.07. The van der Waals surface area contributed by atoms with Crippen molar-refractivity contribution in [3.63, 3.8) is 0 Å². The summed E-state index contributed by atoms with van der Waals surface area (Å²) in [5, 5.41) is 4.14. The first-order chi connectivity index (χ1) is 8.15. The molecule has 0 unspecified atom stereocenters. The molecule has 0 fully saturated rings. The van der Waals surface area contributed by atoms with Gasteiger partial charge in [0, 0.05) is 18.0 Å². The molecule has 3 heteroatoms.